The average Bonchev–Trinajstić information content (AvgIpc) is 2.42. The molecule has 0 heterocycles. The van der Waals surface area contributed by atoms with Crippen LogP contribution in [0.3, 0.4) is 0 Å². The Hall–Kier alpha value is -2.61. The lowest BCUT2D eigenvalue weighted by atomic mass is 10.1. The van der Waals surface area contributed by atoms with Crippen molar-refractivity contribution < 1.29 is 14.3 Å². The van der Waals surface area contributed by atoms with Crippen LogP contribution in [0.1, 0.15) is 11.1 Å². The number of carbonyl (C=O) groups excluding carboxylic acids is 2. The quantitative estimate of drug-likeness (QED) is 0.629. The molecule has 1 rings (SSSR count). The van der Waals surface area contributed by atoms with E-state index in [1.54, 1.807) is 30.3 Å². The van der Waals surface area contributed by atoms with Gasteiger partial charge < -0.3 is 10.1 Å². The van der Waals surface area contributed by atoms with Gasteiger partial charge in [0.05, 0.1) is 11.6 Å². The van der Waals surface area contributed by atoms with Crippen LogP contribution < -0.4 is 5.32 Å². The molecule has 92 valence electrons. The second kappa shape index (κ2) is 6.86. The molecule has 18 heavy (non-hydrogen) atoms. The zero-order chi connectivity index (χ0) is 13.4. The van der Waals surface area contributed by atoms with Crippen molar-refractivity contribution >= 4 is 18.0 Å². The summed E-state index contributed by atoms with van der Waals surface area (Å²) in [6, 6.07) is 8.71. The van der Waals surface area contributed by atoms with Gasteiger partial charge in [-0.3, -0.25) is 4.79 Å². The van der Waals surface area contributed by atoms with Gasteiger partial charge >= 0.3 is 5.97 Å². The number of likely N-dealkylation sites (N-methyl/N-ethyl adjacent to an activating group) is 1. The van der Waals surface area contributed by atoms with E-state index >= 15 is 0 Å². The number of nitriles is 1. The molecule has 0 aliphatic rings. The summed E-state index contributed by atoms with van der Waals surface area (Å²) < 4.78 is 4.67. The highest BCUT2D eigenvalue weighted by Crippen LogP contribution is 2.05. The molecule has 0 unspecified atom stereocenters. The molecule has 5 nitrogen and oxygen atoms in total. The molecule has 1 aromatic carbocycles. The van der Waals surface area contributed by atoms with Gasteiger partial charge in [-0.05, 0) is 23.8 Å². The summed E-state index contributed by atoms with van der Waals surface area (Å²) in [5.41, 5.74) is 1.32. The zero-order valence-electron chi connectivity index (χ0n) is 9.84. The van der Waals surface area contributed by atoms with Gasteiger partial charge in [-0.2, -0.15) is 5.26 Å². The highest BCUT2D eigenvalue weighted by atomic mass is 16.5. The number of esters is 1. The Bertz CT molecular complexity index is 498. The van der Waals surface area contributed by atoms with Crippen molar-refractivity contribution in [2.24, 2.45) is 0 Å². The molecule has 1 amide bonds. The second-order valence-electron chi connectivity index (χ2n) is 3.35. The first-order valence-corrected chi connectivity index (χ1v) is 5.21. The maximum absolute atomic E-state index is 11.2. The summed E-state index contributed by atoms with van der Waals surface area (Å²) in [5, 5.41) is 10.9. The number of benzene rings is 1. The van der Waals surface area contributed by atoms with Crippen LogP contribution >= 0.6 is 0 Å². The minimum atomic E-state index is -0.594. The van der Waals surface area contributed by atoms with Gasteiger partial charge in [-0.25, -0.2) is 4.79 Å². The second-order valence-corrected chi connectivity index (χ2v) is 3.35. The monoisotopic (exact) mass is 244 g/mol. The predicted molar refractivity (Wildman–Crippen MR) is 65.2 cm³/mol. The van der Waals surface area contributed by atoms with Crippen molar-refractivity contribution in [3.8, 4) is 6.07 Å². The molecule has 0 aliphatic carbocycles. The highest BCUT2D eigenvalue weighted by Gasteiger charge is 2.01. The molecule has 0 atom stereocenters. The summed E-state index contributed by atoms with van der Waals surface area (Å²) in [7, 11) is 1.46. The molecule has 1 N–H and O–H groups in total. The lowest BCUT2D eigenvalue weighted by Gasteiger charge is -1.99. The van der Waals surface area contributed by atoms with Crippen LogP contribution in [0.4, 0.5) is 0 Å². The summed E-state index contributed by atoms with van der Waals surface area (Å²) in [4.78, 5) is 22.0. The third-order valence-corrected chi connectivity index (χ3v) is 2.08. The molecule has 0 fully saturated rings. The van der Waals surface area contributed by atoms with Crippen molar-refractivity contribution in [1.82, 2.24) is 5.32 Å². The van der Waals surface area contributed by atoms with Gasteiger partial charge in [-0.1, -0.05) is 12.1 Å². The Kier molecular flexibility index (Phi) is 5.13. The fraction of sp³-hybridized carbons (Fsp3) is 0.154. The number of nitrogens with one attached hydrogen (secondary N) is 1. The normalized spacial score (nSPS) is 9.78. The average molecular weight is 244 g/mol. The topological polar surface area (TPSA) is 79.2 Å². The Morgan fingerprint density at radius 1 is 1.39 bits per heavy atom. The largest absolute Gasteiger partial charge is 0.452 e. The van der Waals surface area contributed by atoms with E-state index < -0.39 is 5.97 Å². The summed E-state index contributed by atoms with van der Waals surface area (Å²) in [5.74, 6) is -0.960. The number of hydrogen-bond acceptors (Lipinski definition) is 4. The van der Waals surface area contributed by atoms with Crippen LogP contribution in [0.15, 0.2) is 30.3 Å². The van der Waals surface area contributed by atoms with E-state index in [0.29, 0.717) is 5.56 Å². The molecule has 5 heteroatoms. The Morgan fingerprint density at radius 3 is 2.61 bits per heavy atom. The smallest absolute Gasteiger partial charge is 0.331 e. The molecule has 0 spiro atoms. The number of rotatable bonds is 4. The molecular formula is C13H12N2O3. The SMILES string of the molecule is CNC(=O)COC(=O)/C=C/c1ccc(C#N)cc1. The van der Waals surface area contributed by atoms with E-state index in [1.807, 2.05) is 6.07 Å². The number of amides is 1. The van der Waals surface area contributed by atoms with Crippen molar-refractivity contribution in [2.45, 2.75) is 0 Å². The highest BCUT2D eigenvalue weighted by molar-refractivity contribution is 5.89. The molecule has 0 saturated heterocycles. The summed E-state index contributed by atoms with van der Waals surface area (Å²) in [6.07, 6.45) is 2.78. The van der Waals surface area contributed by atoms with Crippen LogP contribution in [-0.2, 0) is 14.3 Å². The van der Waals surface area contributed by atoms with E-state index in [2.05, 4.69) is 10.1 Å². The van der Waals surface area contributed by atoms with E-state index in [-0.39, 0.29) is 12.5 Å². The lowest BCUT2D eigenvalue weighted by molar-refractivity contribution is -0.143. The van der Waals surface area contributed by atoms with Crippen LogP contribution in [0.5, 0.6) is 0 Å². The molecule has 0 aromatic heterocycles. The molecular weight excluding hydrogens is 232 g/mol. The first-order valence-electron chi connectivity index (χ1n) is 5.21. The minimum absolute atomic E-state index is 0.299. The Balaban J connectivity index is 2.50. The third kappa shape index (κ3) is 4.49. The molecule has 0 bridgehead atoms. The fourth-order valence-corrected chi connectivity index (χ4v) is 1.09. The lowest BCUT2D eigenvalue weighted by Crippen LogP contribution is -2.24. The van der Waals surface area contributed by atoms with Crippen molar-refractivity contribution in [2.75, 3.05) is 13.7 Å². The van der Waals surface area contributed by atoms with Gasteiger partial charge in [0.1, 0.15) is 0 Å². The van der Waals surface area contributed by atoms with E-state index in [0.717, 1.165) is 5.56 Å². The van der Waals surface area contributed by atoms with E-state index in [1.165, 1.54) is 13.1 Å². The number of nitrogens with zero attached hydrogens (tertiary/aromatic N) is 1. The van der Waals surface area contributed by atoms with Crippen molar-refractivity contribution in [3.05, 3.63) is 41.5 Å². The number of carbonyl (C=O) groups is 2. The Labute approximate surface area is 105 Å². The van der Waals surface area contributed by atoms with E-state index in [9.17, 15) is 9.59 Å². The van der Waals surface area contributed by atoms with Gasteiger partial charge in [0, 0.05) is 13.1 Å². The van der Waals surface area contributed by atoms with E-state index in [4.69, 9.17) is 5.26 Å². The molecule has 0 saturated carbocycles. The molecule has 0 aliphatic heterocycles. The van der Waals surface area contributed by atoms with Gasteiger partial charge in [0.2, 0.25) is 0 Å². The van der Waals surface area contributed by atoms with Crippen LogP contribution in [0, 0.1) is 11.3 Å². The molecule has 1 aromatic rings. The van der Waals surface area contributed by atoms with Crippen molar-refractivity contribution in [3.63, 3.8) is 0 Å². The number of hydrogen-bond donors (Lipinski definition) is 1. The summed E-state index contributed by atoms with van der Waals surface area (Å²) >= 11 is 0. The zero-order valence-corrected chi connectivity index (χ0v) is 9.84. The molecule has 0 radical (unpaired) electrons. The number of ether oxygens (including phenoxy) is 1. The van der Waals surface area contributed by atoms with Crippen LogP contribution in [-0.4, -0.2) is 25.5 Å². The maximum atomic E-state index is 11.2. The van der Waals surface area contributed by atoms with Crippen LogP contribution in [0.25, 0.3) is 6.08 Å². The minimum Gasteiger partial charge on any atom is -0.452 e. The predicted octanol–water partition coefficient (Wildman–Crippen LogP) is 0.861. The van der Waals surface area contributed by atoms with Crippen LogP contribution in [0.2, 0.25) is 0 Å². The Morgan fingerprint density at radius 2 is 2.06 bits per heavy atom. The fourth-order valence-electron chi connectivity index (χ4n) is 1.09. The standard InChI is InChI=1S/C13H12N2O3/c1-15-12(16)9-18-13(17)7-6-10-2-4-11(8-14)5-3-10/h2-7H,9H2,1H3,(H,15,16)/b7-6+. The van der Waals surface area contributed by atoms with Gasteiger partial charge in [-0.15, -0.1) is 0 Å². The summed E-state index contributed by atoms with van der Waals surface area (Å²) in [6.45, 7) is -0.299. The van der Waals surface area contributed by atoms with Gasteiger partial charge in [0.15, 0.2) is 6.61 Å². The maximum Gasteiger partial charge on any atom is 0.331 e. The third-order valence-electron chi connectivity index (χ3n) is 2.08. The van der Waals surface area contributed by atoms with Crippen molar-refractivity contribution in [1.29, 1.82) is 5.26 Å². The first-order chi connectivity index (χ1) is 8.65. The van der Waals surface area contributed by atoms with Gasteiger partial charge in [0.25, 0.3) is 5.91 Å². The first kappa shape index (κ1) is 13.5.